The lowest BCUT2D eigenvalue weighted by Crippen LogP contribution is -2.40. The normalized spacial score (nSPS) is 25.2. The Bertz CT molecular complexity index is 151. The summed E-state index contributed by atoms with van der Waals surface area (Å²) in [5.74, 6) is 0.834. The van der Waals surface area contributed by atoms with Gasteiger partial charge in [0.1, 0.15) is 0 Å². The second-order valence-corrected chi connectivity index (χ2v) is 5.24. The zero-order valence-corrected chi connectivity index (χ0v) is 10.8. The summed E-state index contributed by atoms with van der Waals surface area (Å²) < 4.78 is 0. The summed E-state index contributed by atoms with van der Waals surface area (Å²) in [5.41, 5.74) is 0. The molecule has 0 bridgehead atoms. The van der Waals surface area contributed by atoms with E-state index in [1.165, 1.54) is 51.7 Å². The summed E-state index contributed by atoms with van der Waals surface area (Å²) in [6, 6.07) is 0.738. The van der Waals surface area contributed by atoms with Crippen molar-refractivity contribution in [3.8, 4) is 0 Å². The van der Waals surface area contributed by atoms with Crippen molar-refractivity contribution in [2.75, 3.05) is 26.7 Å². The van der Waals surface area contributed by atoms with Crippen LogP contribution in [0.5, 0.6) is 0 Å². The molecule has 0 radical (unpaired) electrons. The largest absolute Gasteiger partial charge is 0.313 e. The molecule has 2 heteroatoms. The highest BCUT2D eigenvalue weighted by molar-refractivity contribution is 4.74. The molecule has 15 heavy (non-hydrogen) atoms. The first-order valence-electron chi connectivity index (χ1n) is 6.64. The number of rotatable bonds is 5. The molecule has 1 saturated heterocycles. The molecule has 1 rings (SSSR count). The molecule has 0 spiro atoms. The molecule has 0 aromatic carbocycles. The monoisotopic (exact) mass is 212 g/mol. The molecule has 90 valence electrons. The van der Waals surface area contributed by atoms with E-state index in [0.717, 1.165) is 12.0 Å². The van der Waals surface area contributed by atoms with E-state index in [-0.39, 0.29) is 0 Å². The fraction of sp³-hybridized carbons (Fsp3) is 1.00. The van der Waals surface area contributed by atoms with Crippen LogP contribution in [0.3, 0.4) is 0 Å². The highest BCUT2D eigenvalue weighted by Crippen LogP contribution is 2.10. The lowest BCUT2D eigenvalue weighted by Gasteiger charge is -2.25. The molecule has 2 atom stereocenters. The van der Waals surface area contributed by atoms with Crippen LogP contribution >= 0.6 is 0 Å². The van der Waals surface area contributed by atoms with Gasteiger partial charge in [0.15, 0.2) is 0 Å². The molecule has 1 N–H and O–H groups in total. The maximum absolute atomic E-state index is 3.66. The van der Waals surface area contributed by atoms with Gasteiger partial charge in [0, 0.05) is 19.1 Å². The third-order valence-electron chi connectivity index (χ3n) is 3.51. The Morgan fingerprint density at radius 1 is 1.33 bits per heavy atom. The van der Waals surface area contributed by atoms with Crippen LogP contribution in [0, 0.1) is 5.92 Å². The van der Waals surface area contributed by atoms with Crippen LogP contribution in [0.4, 0.5) is 0 Å². The molecule has 0 aliphatic carbocycles. The van der Waals surface area contributed by atoms with Crippen molar-refractivity contribution in [3.63, 3.8) is 0 Å². The maximum Gasteiger partial charge on any atom is 0.0194 e. The van der Waals surface area contributed by atoms with Crippen LogP contribution in [0.2, 0.25) is 0 Å². The van der Waals surface area contributed by atoms with Gasteiger partial charge in [0.05, 0.1) is 0 Å². The minimum atomic E-state index is 0.738. The van der Waals surface area contributed by atoms with E-state index in [1.54, 1.807) is 0 Å². The SMILES string of the molecule is CCC(C)CN(C)CC1CCCCCN1. The predicted molar refractivity (Wildman–Crippen MR) is 67.2 cm³/mol. The average molecular weight is 212 g/mol. The van der Waals surface area contributed by atoms with Gasteiger partial charge in [-0.05, 0) is 32.4 Å². The molecule has 1 fully saturated rings. The van der Waals surface area contributed by atoms with E-state index in [1.807, 2.05) is 0 Å². The van der Waals surface area contributed by atoms with Gasteiger partial charge >= 0.3 is 0 Å². The molecule has 2 unspecified atom stereocenters. The molecule has 1 heterocycles. The van der Waals surface area contributed by atoms with Crippen molar-refractivity contribution in [2.24, 2.45) is 5.92 Å². The van der Waals surface area contributed by atoms with Gasteiger partial charge in [-0.1, -0.05) is 33.1 Å². The maximum atomic E-state index is 3.66. The molecule has 2 nitrogen and oxygen atoms in total. The minimum absolute atomic E-state index is 0.738. The van der Waals surface area contributed by atoms with Crippen LogP contribution in [0.1, 0.15) is 46.0 Å². The Morgan fingerprint density at radius 2 is 2.13 bits per heavy atom. The summed E-state index contributed by atoms with van der Waals surface area (Å²) in [6.45, 7) is 8.32. The Morgan fingerprint density at radius 3 is 2.87 bits per heavy atom. The first kappa shape index (κ1) is 13.0. The van der Waals surface area contributed by atoms with Crippen molar-refractivity contribution >= 4 is 0 Å². The van der Waals surface area contributed by atoms with Crippen molar-refractivity contribution in [3.05, 3.63) is 0 Å². The molecular formula is C13H28N2. The van der Waals surface area contributed by atoms with Crippen LogP contribution in [-0.4, -0.2) is 37.6 Å². The summed E-state index contributed by atoms with van der Waals surface area (Å²) in [4.78, 5) is 2.50. The van der Waals surface area contributed by atoms with Crippen molar-refractivity contribution in [1.82, 2.24) is 10.2 Å². The van der Waals surface area contributed by atoms with E-state index >= 15 is 0 Å². The fourth-order valence-electron chi connectivity index (χ4n) is 2.37. The summed E-state index contributed by atoms with van der Waals surface area (Å²) in [5, 5.41) is 3.66. The van der Waals surface area contributed by atoms with Crippen LogP contribution in [0.25, 0.3) is 0 Å². The second-order valence-electron chi connectivity index (χ2n) is 5.24. The first-order chi connectivity index (χ1) is 7.22. The van der Waals surface area contributed by atoms with Gasteiger partial charge in [0.25, 0.3) is 0 Å². The lowest BCUT2D eigenvalue weighted by molar-refractivity contribution is 0.249. The number of nitrogens with one attached hydrogen (secondary N) is 1. The Kier molecular flexibility index (Phi) is 6.26. The van der Waals surface area contributed by atoms with Gasteiger partial charge in [-0.2, -0.15) is 0 Å². The van der Waals surface area contributed by atoms with E-state index in [9.17, 15) is 0 Å². The van der Waals surface area contributed by atoms with E-state index in [0.29, 0.717) is 0 Å². The minimum Gasteiger partial charge on any atom is -0.313 e. The predicted octanol–water partition coefficient (Wildman–Crippen LogP) is 2.50. The molecular weight excluding hydrogens is 184 g/mol. The number of nitrogens with zero attached hydrogens (tertiary/aromatic N) is 1. The number of hydrogen-bond acceptors (Lipinski definition) is 2. The third-order valence-corrected chi connectivity index (χ3v) is 3.51. The standard InChI is InChI=1S/C13H28N2/c1-4-12(2)10-15(3)11-13-8-6-5-7-9-14-13/h12-14H,4-11H2,1-3H3. The number of hydrogen-bond donors (Lipinski definition) is 1. The van der Waals surface area contributed by atoms with Crippen LogP contribution in [0.15, 0.2) is 0 Å². The van der Waals surface area contributed by atoms with E-state index < -0.39 is 0 Å². The van der Waals surface area contributed by atoms with Crippen molar-refractivity contribution in [2.45, 2.75) is 52.0 Å². The summed E-state index contributed by atoms with van der Waals surface area (Å²) >= 11 is 0. The average Bonchev–Trinajstić information content (AvgIpc) is 2.46. The summed E-state index contributed by atoms with van der Waals surface area (Å²) in [6.07, 6.45) is 6.85. The molecule has 1 aliphatic heterocycles. The Labute approximate surface area is 95.4 Å². The quantitative estimate of drug-likeness (QED) is 0.753. The zero-order chi connectivity index (χ0) is 11.1. The van der Waals surface area contributed by atoms with Gasteiger partial charge in [-0.3, -0.25) is 0 Å². The summed E-state index contributed by atoms with van der Waals surface area (Å²) in [7, 11) is 2.26. The molecule has 0 amide bonds. The van der Waals surface area contributed by atoms with Gasteiger partial charge in [-0.25, -0.2) is 0 Å². The highest BCUT2D eigenvalue weighted by Gasteiger charge is 2.14. The van der Waals surface area contributed by atoms with Crippen molar-refractivity contribution < 1.29 is 0 Å². The van der Waals surface area contributed by atoms with E-state index in [2.05, 4.69) is 31.1 Å². The molecule has 0 aromatic heterocycles. The fourth-order valence-corrected chi connectivity index (χ4v) is 2.37. The smallest absolute Gasteiger partial charge is 0.0194 e. The van der Waals surface area contributed by atoms with Crippen LogP contribution in [-0.2, 0) is 0 Å². The number of likely N-dealkylation sites (N-methyl/N-ethyl adjacent to an activating group) is 1. The van der Waals surface area contributed by atoms with Crippen molar-refractivity contribution in [1.29, 1.82) is 0 Å². The van der Waals surface area contributed by atoms with E-state index in [4.69, 9.17) is 0 Å². The molecule has 0 saturated carbocycles. The topological polar surface area (TPSA) is 15.3 Å². The van der Waals surface area contributed by atoms with Gasteiger partial charge in [-0.15, -0.1) is 0 Å². The Balaban J connectivity index is 2.20. The molecule has 1 aliphatic rings. The first-order valence-corrected chi connectivity index (χ1v) is 6.64. The molecule has 0 aromatic rings. The Hall–Kier alpha value is -0.0800. The van der Waals surface area contributed by atoms with Gasteiger partial charge in [0.2, 0.25) is 0 Å². The highest BCUT2D eigenvalue weighted by atomic mass is 15.1. The lowest BCUT2D eigenvalue weighted by atomic mass is 10.1. The second kappa shape index (κ2) is 7.24. The van der Waals surface area contributed by atoms with Gasteiger partial charge < -0.3 is 10.2 Å². The third kappa shape index (κ3) is 5.53. The van der Waals surface area contributed by atoms with Crippen LogP contribution < -0.4 is 5.32 Å². The zero-order valence-electron chi connectivity index (χ0n) is 10.8.